The number of benzene rings is 1. The third-order valence-electron chi connectivity index (χ3n) is 2.49. The fourth-order valence-electron chi connectivity index (χ4n) is 1.62. The van der Waals surface area contributed by atoms with E-state index in [4.69, 9.17) is 0 Å². The van der Waals surface area contributed by atoms with E-state index in [1.165, 1.54) is 12.5 Å². The van der Waals surface area contributed by atoms with E-state index in [1.54, 1.807) is 6.20 Å². The lowest BCUT2D eigenvalue weighted by Crippen LogP contribution is -2.22. The van der Waals surface area contributed by atoms with Gasteiger partial charge < -0.3 is 5.32 Å². The Balaban J connectivity index is 1.96. The average molecular weight is 229 g/mol. The molecule has 0 unspecified atom stereocenters. The van der Waals surface area contributed by atoms with Crippen LogP contribution in [0.2, 0.25) is 0 Å². The van der Waals surface area contributed by atoms with Crippen LogP contribution in [0.4, 0.5) is 0 Å². The smallest absolute Gasteiger partial charge is 0.216 e. The molecule has 1 N–H and O–H groups in total. The minimum absolute atomic E-state index is 0.0122. The molecule has 0 aliphatic heterocycles. The molecule has 1 heterocycles. The van der Waals surface area contributed by atoms with Gasteiger partial charge >= 0.3 is 0 Å². The summed E-state index contributed by atoms with van der Waals surface area (Å²) in [6, 6.07) is 10.1. The highest BCUT2D eigenvalue weighted by atomic mass is 16.1. The molecule has 0 atom stereocenters. The molecule has 2 rings (SSSR count). The Hall–Kier alpha value is -2.10. The van der Waals surface area contributed by atoms with Gasteiger partial charge in [-0.1, -0.05) is 12.1 Å². The zero-order valence-corrected chi connectivity index (χ0v) is 9.76. The van der Waals surface area contributed by atoms with E-state index in [1.807, 2.05) is 29.1 Å². The van der Waals surface area contributed by atoms with Crippen LogP contribution in [0.1, 0.15) is 12.5 Å². The van der Waals surface area contributed by atoms with Crippen LogP contribution in [-0.4, -0.2) is 22.2 Å². The lowest BCUT2D eigenvalue weighted by atomic mass is 10.1. The summed E-state index contributed by atoms with van der Waals surface area (Å²) >= 11 is 0. The SMILES string of the molecule is CC(=O)NCCc1ccc(-n2cccn2)cc1. The molecular weight excluding hydrogens is 214 g/mol. The number of nitrogens with zero attached hydrogens (tertiary/aromatic N) is 2. The first-order valence-corrected chi connectivity index (χ1v) is 5.59. The van der Waals surface area contributed by atoms with Gasteiger partial charge in [0.2, 0.25) is 5.91 Å². The number of amides is 1. The van der Waals surface area contributed by atoms with Gasteiger partial charge in [-0.05, 0) is 30.2 Å². The zero-order chi connectivity index (χ0) is 12.1. The molecule has 0 radical (unpaired) electrons. The van der Waals surface area contributed by atoms with Crippen LogP contribution in [0.3, 0.4) is 0 Å². The molecule has 0 fully saturated rings. The Morgan fingerprint density at radius 3 is 2.71 bits per heavy atom. The summed E-state index contributed by atoms with van der Waals surface area (Å²) in [5.74, 6) is 0.0122. The number of rotatable bonds is 4. The second-order valence-corrected chi connectivity index (χ2v) is 3.85. The van der Waals surface area contributed by atoms with Crippen LogP contribution in [0, 0.1) is 0 Å². The van der Waals surface area contributed by atoms with E-state index >= 15 is 0 Å². The van der Waals surface area contributed by atoms with Gasteiger partial charge in [0, 0.05) is 25.9 Å². The topological polar surface area (TPSA) is 46.9 Å². The molecular formula is C13H15N3O. The molecule has 17 heavy (non-hydrogen) atoms. The van der Waals surface area contributed by atoms with Crippen LogP contribution in [0.25, 0.3) is 5.69 Å². The molecule has 0 saturated heterocycles. The normalized spacial score (nSPS) is 10.2. The van der Waals surface area contributed by atoms with Crippen molar-refractivity contribution >= 4 is 5.91 Å². The van der Waals surface area contributed by atoms with Gasteiger partial charge in [-0.2, -0.15) is 5.10 Å². The summed E-state index contributed by atoms with van der Waals surface area (Å²) in [6.45, 7) is 2.21. The van der Waals surface area contributed by atoms with E-state index in [9.17, 15) is 4.79 Å². The molecule has 4 nitrogen and oxygen atoms in total. The predicted octanol–water partition coefficient (Wildman–Crippen LogP) is 1.55. The highest BCUT2D eigenvalue weighted by Crippen LogP contribution is 2.08. The van der Waals surface area contributed by atoms with Crippen LogP contribution in [0.5, 0.6) is 0 Å². The monoisotopic (exact) mass is 229 g/mol. The average Bonchev–Trinajstić information content (AvgIpc) is 2.83. The van der Waals surface area contributed by atoms with Gasteiger partial charge in [0.15, 0.2) is 0 Å². The largest absolute Gasteiger partial charge is 0.356 e. The molecule has 1 aromatic heterocycles. The Morgan fingerprint density at radius 1 is 1.35 bits per heavy atom. The van der Waals surface area contributed by atoms with Crippen molar-refractivity contribution in [1.29, 1.82) is 0 Å². The quantitative estimate of drug-likeness (QED) is 0.864. The van der Waals surface area contributed by atoms with Crippen molar-refractivity contribution in [3.8, 4) is 5.69 Å². The fraction of sp³-hybridized carbons (Fsp3) is 0.231. The second-order valence-electron chi connectivity index (χ2n) is 3.85. The number of aromatic nitrogens is 2. The number of carbonyl (C=O) groups excluding carboxylic acids is 1. The number of carbonyl (C=O) groups is 1. The van der Waals surface area contributed by atoms with Crippen molar-refractivity contribution in [3.63, 3.8) is 0 Å². The summed E-state index contributed by atoms with van der Waals surface area (Å²) in [6.07, 6.45) is 4.51. The van der Waals surface area contributed by atoms with E-state index in [-0.39, 0.29) is 5.91 Å². The molecule has 0 spiro atoms. The number of nitrogens with one attached hydrogen (secondary N) is 1. The van der Waals surface area contributed by atoms with Gasteiger partial charge in [-0.15, -0.1) is 0 Å². The summed E-state index contributed by atoms with van der Waals surface area (Å²) < 4.78 is 1.82. The van der Waals surface area contributed by atoms with Crippen molar-refractivity contribution < 1.29 is 4.79 Å². The van der Waals surface area contributed by atoms with Crippen LogP contribution in [-0.2, 0) is 11.2 Å². The fourth-order valence-corrected chi connectivity index (χ4v) is 1.62. The Labute approximate surface area is 100 Å². The minimum Gasteiger partial charge on any atom is -0.356 e. The predicted molar refractivity (Wildman–Crippen MR) is 66.0 cm³/mol. The summed E-state index contributed by atoms with van der Waals surface area (Å²) in [4.78, 5) is 10.7. The first kappa shape index (κ1) is 11.4. The van der Waals surface area contributed by atoms with Crippen molar-refractivity contribution in [2.24, 2.45) is 0 Å². The summed E-state index contributed by atoms with van der Waals surface area (Å²) in [7, 11) is 0. The molecule has 88 valence electrons. The molecule has 2 aromatic rings. The lowest BCUT2D eigenvalue weighted by Gasteiger charge is -2.05. The molecule has 1 amide bonds. The lowest BCUT2D eigenvalue weighted by molar-refractivity contribution is -0.118. The number of hydrogen-bond acceptors (Lipinski definition) is 2. The summed E-state index contributed by atoms with van der Waals surface area (Å²) in [5, 5.41) is 6.94. The maximum atomic E-state index is 10.7. The van der Waals surface area contributed by atoms with Gasteiger partial charge in [-0.3, -0.25) is 4.79 Å². The maximum Gasteiger partial charge on any atom is 0.216 e. The zero-order valence-electron chi connectivity index (χ0n) is 9.76. The van der Waals surface area contributed by atoms with Gasteiger partial charge in [0.1, 0.15) is 0 Å². The van der Waals surface area contributed by atoms with Crippen molar-refractivity contribution in [1.82, 2.24) is 15.1 Å². The van der Waals surface area contributed by atoms with Crippen molar-refractivity contribution in [2.75, 3.05) is 6.54 Å². The highest BCUT2D eigenvalue weighted by molar-refractivity contribution is 5.72. The van der Waals surface area contributed by atoms with Gasteiger partial charge in [0.05, 0.1) is 5.69 Å². The molecule has 0 aliphatic carbocycles. The standard InChI is InChI=1S/C13H15N3O/c1-11(17)14-9-7-12-3-5-13(6-4-12)16-10-2-8-15-16/h2-6,8,10H,7,9H2,1H3,(H,14,17). The third-order valence-corrected chi connectivity index (χ3v) is 2.49. The summed E-state index contributed by atoms with van der Waals surface area (Å²) in [5.41, 5.74) is 2.24. The van der Waals surface area contributed by atoms with E-state index in [0.717, 1.165) is 12.1 Å². The first-order valence-electron chi connectivity index (χ1n) is 5.59. The van der Waals surface area contributed by atoms with Crippen LogP contribution >= 0.6 is 0 Å². The van der Waals surface area contributed by atoms with Crippen molar-refractivity contribution in [2.45, 2.75) is 13.3 Å². The van der Waals surface area contributed by atoms with E-state index in [2.05, 4.69) is 22.5 Å². The number of hydrogen-bond donors (Lipinski definition) is 1. The molecule has 4 heteroatoms. The molecule has 1 aromatic carbocycles. The Kier molecular flexibility index (Phi) is 3.55. The van der Waals surface area contributed by atoms with E-state index in [0.29, 0.717) is 6.54 Å². The highest BCUT2D eigenvalue weighted by Gasteiger charge is 1.97. The maximum absolute atomic E-state index is 10.7. The van der Waals surface area contributed by atoms with Crippen LogP contribution in [0.15, 0.2) is 42.7 Å². The van der Waals surface area contributed by atoms with Crippen LogP contribution < -0.4 is 5.32 Å². The third kappa shape index (κ3) is 3.17. The van der Waals surface area contributed by atoms with Crippen molar-refractivity contribution in [3.05, 3.63) is 48.3 Å². The van der Waals surface area contributed by atoms with Gasteiger partial charge in [-0.25, -0.2) is 4.68 Å². The first-order chi connectivity index (χ1) is 8.25. The second kappa shape index (κ2) is 5.30. The van der Waals surface area contributed by atoms with E-state index < -0.39 is 0 Å². The Bertz CT molecular complexity index is 474. The van der Waals surface area contributed by atoms with Gasteiger partial charge in [0.25, 0.3) is 0 Å². The Morgan fingerprint density at radius 2 is 2.12 bits per heavy atom. The molecule has 0 bridgehead atoms. The molecule has 0 aliphatic rings. The minimum atomic E-state index is 0.0122. The molecule has 0 saturated carbocycles.